The monoisotopic (exact) mass is 256 g/mol. The van der Waals surface area contributed by atoms with Gasteiger partial charge in [-0.05, 0) is 36.4 Å². The predicted octanol–water partition coefficient (Wildman–Crippen LogP) is 2.41. The Hall–Kier alpha value is -2.82. The summed E-state index contributed by atoms with van der Waals surface area (Å²) in [7, 11) is 0. The highest BCUT2D eigenvalue weighted by Crippen LogP contribution is 2.14. The van der Waals surface area contributed by atoms with Crippen LogP contribution in [0.2, 0.25) is 0 Å². The molecule has 1 aromatic carbocycles. The topological polar surface area (TPSA) is 74.8 Å². The van der Waals surface area contributed by atoms with Crippen LogP contribution in [-0.2, 0) is 0 Å². The van der Waals surface area contributed by atoms with E-state index >= 15 is 0 Å². The van der Waals surface area contributed by atoms with Gasteiger partial charge in [0, 0.05) is 6.21 Å². The Morgan fingerprint density at radius 3 is 2.84 bits per heavy atom. The lowest BCUT2D eigenvalue weighted by atomic mass is 10.2. The fraction of sp³-hybridized carbons (Fsp3) is 0. The molecule has 0 saturated heterocycles. The number of phenolic OH excluding ortho intramolecular Hbond substituents is 1. The predicted molar refractivity (Wildman–Crippen MR) is 71.8 cm³/mol. The Kier molecular flexibility index (Phi) is 4.12. The molecule has 1 heterocycles. The van der Waals surface area contributed by atoms with Crippen LogP contribution in [-0.4, -0.2) is 17.2 Å². The number of aromatic hydroxyl groups is 1. The van der Waals surface area contributed by atoms with Crippen molar-refractivity contribution in [3.63, 3.8) is 0 Å². The van der Waals surface area contributed by atoms with Crippen LogP contribution < -0.4 is 5.43 Å². The molecule has 0 spiro atoms. The van der Waals surface area contributed by atoms with Crippen molar-refractivity contribution < 1.29 is 14.3 Å². The summed E-state index contributed by atoms with van der Waals surface area (Å²) in [4.78, 5) is 11.6. The van der Waals surface area contributed by atoms with Gasteiger partial charge < -0.3 is 9.52 Å². The number of furan rings is 1. The minimum Gasteiger partial charge on any atom is -0.507 e. The lowest BCUT2D eigenvalue weighted by Gasteiger charge is -2.01. The average Bonchev–Trinajstić information content (AvgIpc) is 2.92. The molecule has 0 radical (unpaired) electrons. The summed E-state index contributed by atoms with van der Waals surface area (Å²) in [5.41, 5.74) is 2.48. The average molecular weight is 256 g/mol. The summed E-state index contributed by atoms with van der Waals surface area (Å²) in [5.74, 6) is 0.139. The Balaban J connectivity index is 1.89. The van der Waals surface area contributed by atoms with Crippen molar-refractivity contribution in [1.29, 1.82) is 0 Å². The van der Waals surface area contributed by atoms with Gasteiger partial charge in [0.05, 0.1) is 11.8 Å². The van der Waals surface area contributed by atoms with E-state index in [0.717, 1.165) is 0 Å². The number of nitrogens with one attached hydrogen (secondary N) is 1. The van der Waals surface area contributed by atoms with Gasteiger partial charge in [0.2, 0.25) is 0 Å². The van der Waals surface area contributed by atoms with E-state index in [0.29, 0.717) is 5.76 Å². The zero-order valence-corrected chi connectivity index (χ0v) is 9.98. The van der Waals surface area contributed by atoms with Crippen molar-refractivity contribution in [2.45, 2.75) is 0 Å². The molecule has 0 unspecified atom stereocenters. The van der Waals surface area contributed by atoms with Crippen molar-refractivity contribution in [2.24, 2.45) is 5.10 Å². The van der Waals surface area contributed by atoms with Crippen LogP contribution in [0, 0.1) is 0 Å². The highest BCUT2D eigenvalue weighted by Gasteiger charge is 2.07. The molecule has 2 aromatic rings. The number of para-hydroxylation sites is 1. The quantitative estimate of drug-likeness (QED) is 0.651. The molecule has 2 N–H and O–H groups in total. The van der Waals surface area contributed by atoms with Crippen LogP contribution >= 0.6 is 0 Å². The largest absolute Gasteiger partial charge is 0.507 e. The number of benzene rings is 1. The van der Waals surface area contributed by atoms with Crippen molar-refractivity contribution in [3.8, 4) is 5.75 Å². The summed E-state index contributed by atoms with van der Waals surface area (Å²) < 4.78 is 5.08. The third kappa shape index (κ3) is 3.57. The van der Waals surface area contributed by atoms with Gasteiger partial charge in [-0.2, -0.15) is 5.10 Å². The molecule has 0 atom stereocenters. The lowest BCUT2D eigenvalue weighted by Crippen LogP contribution is -2.17. The van der Waals surface area contributed by atoms with Crippen LogP contribution in [0.25, 0.3) is 6.08 Å². The van der Waals surface area contributed by atoms with Gasteiger partial charge in [-0.3, -0.25) is 4.79 Å². The van der Waals surface area contributed by atoms with Crippen molar-refractivity contribution in [1.82, 2.24) is 5.43 Å². The summed E-state index contributed by atoms with van der Waals surface area (Å²) in [5, 5.41) is 13.2. The molecule has 0 saturated carbocycles. The maximum Gasteiger partial charge on any atom is 0.275 e. The maximum atomic E-state index is 11.6. The van der Waals surface area contributed by atoms with E-state index < -0.39 is 5.91 Å². The highest BCUT2D eigenvalue weighted by atomic mass is 16.3. The molecule has 1 aromatic heterocycles. The SMILES string of the molecule is O=C(N/N=C\C=C\c1ccco1)c1ccccc1O. The fourth-order valence-corrected chi connectivity index (χ4v) is 1.39. The van der Waals surface area contributed by atoms with Crippen LogP contribution in [0.15, 0.2) is 58.3 Å². The van der Waals surface area contributed by atoms with Crippen molar-refractivity contribution in [3.05, 3.63) is 60.1 Å². The number of hydrazone groups is 1. The number of hydrogen-bond donors (Lipinski definition) is 2. The van der Waals surface area contributed by atoms with E-state index in [1.54, 1.807) is 42.7 Å². The number of allylic oxidation sites excluding steroid dienone is 1. The Morgan fingerprint density at radius 1 is 1.26 bits per heavy atom. The number of nitrogens with zero attached hydrogens (tertiary/aromatic N) is 1. The molecule has 19 heavy (non-hydrogen) atoms. The Labute approximate surface area is 109 Å². The zero-order valence-electron chi connectivity index (χ0n) is 9.98. The minimum atomic E-state index is -0.472. The van der Waals surface area contributed by atoms with Gasteiger partial charge in [-0.15, -0.1) is 0 Å². The fourth-order valence-electron chi connectivity index (χ4n) is 1.39. The molecule has 0 aliphatic carbocycles. The molecular formula is C14H12N2O3. The number of carbonyl (C=O) groups is 1. The first kappa shape index (κ1) is 12.6. The number of hydrogen-bond acceptors (Lipinski definition) is 4. The standard InChI is InChI=1S/C14H12N2O3/c17-13-8-2-1-7-12(13)14(18)16-15-9-3-5-11-6-4-10-19-11/h1-10,17H,(H,16,18)/b5-3+,15-9-. The third-order valence-corrected chi connectivity index (χ3v) is 2.28. The number of amides is 1. The van der Waals surface area contributed by atoms with Gasteiger partial charge >= 0.3 is 0 Å². The van der Waals surface area contributed by atoms with Gasteiger partial charge in [-0.25, -0.2) is 5.43 Å². The molecular weight excluding hydrogens is 244 g/mol. The summed E-state index contributed by atoms with van der Waals surface area (Å²) >= 11 is 0. The van der Waals surface area contributed by atoms with Gasteiger partial charge in [0.1, 0.15) is 11.5 Å². The first-order valence-corrected chi connectivity index (χ1v) is 5.59. The van der Waals surface area contributed by atoms with Crippen LogP contribution in [0.3, 0.4) is 0 Å². The van der Waals surface area contributed by atoms with E-state index in [-0.39, 0.29) is 11.3 Å². The third-order valence-electron chi connectivity index (χ3n) is 2.28. The van der Waals surface area contributed by atoms with Crippen LogP contribution in [0.4, 0.5) is 0 Å². The molecule has 1 amide bonds. The second kappa shape index (κ2) is 6.20. The van der Waals surface area contributed by atoms with Crippen molar-refractivity contribution in [2.75, 3.05) is 0 Å². The number of phenols is 1. The highest BCUT2D eigenvalue weighted by molar-refractivity contribution is 5.97. The van der Waals surface area contributed by atoms with E-state index in [2.05, 4.69) is 10.5 Å². The van der Waals surface area contributed by atoms with Gasteiger partial charge in [-0.1, -0.05) is 12.1 Å². The molecule has 5 nitrogen and oxygen atoms in total. The minimum absolute atomic E-state index is 0.0821. The molecule has 96 valence electrons. The number of rotatable bonds is 4. The normalized spacial score (nSPS) is 11.2. The van der Waals surface area contributed by atoms with E-state index in [9.17, 15) is 9.90 Å². The van der Waals surface area contributed by atoms with Gasteiger partial charge in [0.25, 0.3) is 5.91 Å². The van der Waals surface area contributed by atoms with E-state index in [4.69, 9.17) is 4.42 Å². The van der Waals surface area contributed by atoms with Gasteiger partial charge in [0.15, 0.2) is 0 Å². The number of carbonyl (C=O) groups excluding carboxylic acids is 1. The molecule has 5 heteroatoms. The van der Waals surface area contributed by atoms with Crippen molar-refractivity contribution >= 4 is 18.2 Å². The maximum absolute atomic E-state index is 11.6. The van der Waals surface area contributed by atoms with Crippen LogP contribution in [0.5, 0.6) is 5.75 Å². The summed E-state index contributed by atoms with van der Waals surface area (Å²) in [6.45, 7) is 0. The summed E-state index contributed by atoms with van der Waals surface area (Å²) in [6, 6.07) is 9.83. The van der Waals surface area contributed by atoms with E-state index in [1.807, 2.05) is 0 Å². The molecule has 2 rings (SSSR count). The second-order valence-corrected chi connectivity index (χ2v) is 3.61. The molecule has 0 bridgehead atoms. The van der Waals surface area contributed by atoms with E-state index in [1.165, 1.54) is 18.3 Å². The molecule has 0 aliphatic rings. The second-order valence-electron chi connectivity index (χ2n) is 3.61. The molecule has 0 aliphatic heterocycles. The lowest BCUT2D eigenvalue weighted by molar-refractivity contribution is 0.0952. The Bertz CT molecular complexity index is 601. The first-order chi connectivity index (χ1) is 9.27. The first-order valence-electron chi connectivity index (χ1n) is 5.59. The smallest absolute Gasteiger partial charge is 0.275 e. The van der Waals surface area contributed by atoms with Crippen LogP contribution in [0.1, 0.15) is 16.1 Å². The Morgan fingerprint density at radius 2 is 2.11 bits per heavy atom. The zero-order chi connectivity index (χ0) is 13.5. The summed E-state index contributed by atoms with van der Waals surface area (Å²) in [6.07, 6.45) is 6.32. The molecule has 0 fully saturated rings.